The minimum Gasteiger partial charge on any atom is -0.496 e. The molecule has 1 unspecified atom stereocenters. The van der Waals surface area contributed by atoms with Gasteiger partial charge in [0.2, 0.25) is 0 Å². The molecule has 4 heteroatoms. The largest absolute Gasteiger partial charge is 0.496 e. The maximum Gasteiger partial charge on any atom is 0.193 e. The van der Waals surface area contributed by atoms with Crippen molar-refractivity contribution in [2.24, 2.45) is 0 Å². The smallest absolute Gasteiger partial charge is 0.193 e. The standard InChI is InChI=1S/C15H18ClNO2/c1-4-17-15(13-7-8-14(16)19-13)11-9-10(2)5-6-12(11)18-3/h5-9,15,17H,4H2,1-3H3. The minimum absolute atomic E-state index is 0.0626. The molecule has 0 bridgehead atoms. The molecule has 0 aliphatic carbocycles. The molecule has 1 heterocycles. The molecule has 0 aliphatic rings. The van der Waals surface area contributed by atoms with E-state index in [-0.39, 0.29) is 6.04 Å². The topological polar surface area (TPSA) is 34.4 Å². The fourth-order valence-electron chi connectivity index (χ4n) is 2.13. The third kappa shape index (κ3) is 3.11. The molecule has 0 amide bonds. The van der Waals surface area contributed by atoms with Crippen LogP contribution in [0.2, 0.25) is 5.22 Å². The van der Waals surface area contributed by atoms with Crippen LogP contribution in [0.15, 0.2) is 34.7 Å². The number of furan rings is 1. The monoisotopic (exact) mass is 279 g/mol. The second-order valence-corrected chi connectivity index (χ2v) is 4.75. The fourth-order valence-corrected chi connectivity index (χ4v) is 2.28. The number of hydrogen-bond acceptors (Lipinski definition) is 3. The summed E-state index contributed by atoms with van der Waals surface area (Å²) in [5, 5.41) is 3.79. The zero-order chi connectivity index (χ0) is 13.8. The van der Waals surface area contributed by atoms with Crippen LogP contribution >= 0.6 is 11.6 Å². The Morgan fingerprint density at radius 1 is 1.32 bits per heavy atom. The molecule has 1 aromatic carbocycles. The quantitative estimate of drug-likeness (QED) is 0.900. The van der Waals surface area contributed by atoms with Crippen molar-refractivity contribution in [1.82, 2.24) is 5.32 Å². The molecule has 0 saturated carbocycles. The van der Waals surface area contributed by atoms with Crippen molar-refractivity contribution in [3.05, 3.63) is 52.4 Å². The Balaban J connectivity index is 2.46. The average Bonchev–Trinajstić information content (AvgIpc) is 2.82. The number of aryl methyl sites for hydroxylation is 1. The normalized spacial score (nSPS) is 12.4. The van der Waals surface area contributed by atoms with Gasteiger partial charge in [-0.05, 0) is 43.3 Å². The van der Waals surface area contributed by atoms with Crippen molar-refractivity contribution in [2.75, 3.05) is 13.7 Å². The van der Waals surface area contributed by atoms with E-state index in [2.05, 4.69) is 25.2 Å². The first-order valence-electron chi connectivity index (χ1n) is 6.29. The number of halogens is 1. The van der Waals surface area contributed by atoms with Gasteiger partial charge in [-0.2, -0.15) is 0 Å². The SMILES string of the molecule is CCNC(c1ccc(Cl)o1)c1cc(C)ccc1OC. The van der Waals surface area contributed by atoms with E-state index in [0.29, 0.717) is 5.22 Å². The highest BCUT2D eigenvalue weighted by atomic mass is 35.5. The van der Waals surface area contributed by atoms with Gasteiger partial charge in [0, 0.05) is 5.56 Å². The minimum atomic E-state index is -0.0626. The molecule has 1 N–H and O–H groups in total. The van der Waals surface area contributed by atoms with Crippen molar-refractivity contribution in [2.45, 2.75) is 19.9 Å². The predicted octanol–water partition coefficient (Wildman–Crippen LogP) is 3.95. The van der Waals surface area contributed by atoms with Gasteiger partial charge in [-0.3, -0.25) is 0 Å². The molecule has 2 aromatic rings. The number of hydrogen-bond donors (Lipinski definition) is 1. The molecular formula is C15H18ClNO2. The van der Waals surface area contributed by atoms with E-state index >= 15 is 0 Å². The Labute approximate surface area is 118 Å². The summed E-state index contributed by atoms with van der Waals surface area (Å²) in [7, 11) is 1.67. The molecule has 102 valence electrons. The lowest BCUT2D eigenvalue weighted by Gasteiger charge is -2.19. The van der Waals surface area contributed by atoms with E-state index in [1.807, 2.05) is 18.2 Å². The second-order valence-electron chi connectivity index (χ2n) is 4.38. The predicted molar refractivity (Wildman–Crippen MR) is 77.0 cm³/mol. The summed E-state index contributed by atoms with van der Waals surface area (Å²) in [5.41, 5.74) is 2.23. The Kier molecular flexibility index (Phi) is 4.51. The summed E-state index contributed by atoms with van der Waals surface area (Å²) in [6.45, 7) is 4.93. The van der Waals surface area contributed by atoms with Crippen molar-refractivity contribution in [3.63, 3.8) is 0 Å². The van der Waals surface area contributed by atoms with Crippen LogP contribution in [0.5, 0.6) is 5.75 Å². The van der Waals surface area contributed by atoms with Crippen LogP contribution < -0.4 is 10.1 Å². The highest BCUT2D eigenvalue weighted by Crippen LogP contribution is 2.32. The molecular weight excluding hydrogens is 262 g/mol. The Morgan fingerprint density at radius 3 is 2.68 bits per heavy atom. The molecule has 2 rings (SSSR count). The zero-order valence-electron chi connectivity index (χ0n) is 11.4. The third-order valence-electron chi connectivity index (χ3n) is 2.98. The first-order chi connectivity index (χ1) is 9.15. The van der Waals surface area contributed by atoms with Gasteiger partial charge in [0.1, 0.15) is 11.5 Å². The number of methoxy groups -OCH3 is 1. The maximum absolute atomic E-state index is 5.87. The van der Waals surface area contributed by atoms with Gasteiger partial charge in [0.15, 0.2) is 5.22 Å². The van der Waals surface area contributed by atoms with Gasteiger partial charge in [-0.1, -0.05) is 24.6 Å². The van der Waals surface area contributed by atoms with Crippen LogP contribution in [0, 0.1) is 6.92 Å². The van der Waals surface area contributed by atoms with E-state index in [9.17, 15) is 0 Å². The van der Waals surface area contributed by atoms with Gasteiger partial charge < -0.3 is 14.5 Å². The van der Waals surface area contributed by atoms with E-state index in [1.54, 1.807) is 13.2 Å². The van der Waals surface area contributed by atoms with E-state index in [1.165, 1.54) is 5.56 Å². The molecule has 1 atom stereocenters. The van der Waals surface area contributed by atoms with Crippen molar-refractivity contribution >= 4 is 11.6 Å². The van der Waals surface area contributed by atoms with Crippen LogP contribution in [-0.4, -0.2) is 13.7 Å². The van der Waals surface area contributed by atoms with Crippen LogP contribution in [0.4, 0.5) is 0 Å². The van der Waals surface area contributed by atoms with Crippen LogP contribution in [0.3, 0.4) is 0 Å². The van der Waals surface area contributed by atoms with E-state index in [0.717, 1.165) is 23.6 Å². The summed E-state index contributed by atoms with van der Waals surface area (Å²) < 4.78 is 11.0. The molecule has 0 saturated heterocycles. The lowest BCUT2D eigenvalue weighted by molar-refractivity contribution is 0.394. The Morgan fingerprint density at radius 2 is 2.11 bits per heavy atom. The molecule has 0 radical (unpaired) electrons. The molecule has 0 aliphatic heterocycles. The summed E-state index contributed by atoms with van der Waals surface area (Å²) >= 11 is 5.87. The average molecular weight is 280 g/mol. The number of benzene rings is 1. The summed E-state index contributed by atoms with van der Waals surface area (Å²) in [6.07, 6.45) is 0. The van der Waals surface area contributed by atoms with Crippen molar-refractivity contribution in [1.29, 1.82) is 0 Å². The van der Waals surface area contributed by atoms with Gasteiger partial charge >= 0.3 is 0 Å². The van der Waals surface area contributed by atoms with Crippen molar-refractivity contribution < 1.29 is 9.15 Å². The van der Waals surface area contributed by atoms with Crippen LogP contribution in [0.1, 0.15) is 29.9 Å². The Bertz CT molecular complexity index is 551. The number of rotatable bonds is 5. The van der Waals surface area contributed by atoms with Gasteiger partial charge in [0.05, 0.1) is 13.2 Å². The summed E-state index contributed by atoms with van der Waals surface area (Å²) in [6, 6.07) is 9.68. The lowest BCUT2D eigenvalue weighted by atomic mass is 10.0. The highest BCUT2D eigenvalue weighted by molar-refractivity contribution is 6.28. The maximum atomic E-state index is 5.87. The molecule has 0 fully saturated rings. The zero-order valence-corrected chi connectivity index (χ0v) is 12.1. The molecule has 1 aromatic heterocycles. The van der Waals surface area contributed by atoms with Gasteiger partial charge in [0.25, 0.3) is 0 Å². The second kappa shape index (κ2) is 6.13. The lowest BCUT2D eigenvalue weighted by Crippen LogP contribution is -2.22. The highest BCUT2D eigenvalue weighted by Gasteiger charge is 2.20. The van der Waals surface area contributed by atoms with Gasteiger partial charge in [-0.25, -0.2) is 0 Å². The number of ether oxygens (including phenoxy) is 1. The van der Waals surface area contributed by atoms with Crippen LogP contribution in [0.25, 0.3) is 0 Å². The molecule has 0 spiro atoms. The summed E-state index contributed by atoms with van der Waals surface area (Å²) in [5.74, 6) is 1.62. The Hall–Kier alpha value is -1.45. The van der Waals surface area contributed by atoms with E-state index < -0.39 is 0 Å². The van der Waals surface area contributed by atoms with Crippen molar-refractivity contribution in [3.8, 4) is 5.75 Å². The molecule has 3 nitrogen and oxygen atoms in total. The summed E-state index contributed by atoms with van der Waals surface area (Å²) in [4.78, 5) is 0. The third-order valence-corrected chi connectivity index (χ3v) is 3.19. The van der Waals surface area contributed by atoms with Crippen LogP contribution in [-0.2, 0) is 0 Å². The first kappa shape index (κ1) is 14.0. The van der Waals surface area contributed by atoms with E-state index in [4.69, 9.17) is 20.8 Å². The fraction of sp³-hybridized carbons (Fsp3) is 0.333. The molecule has 19 heavy (non-hydrogen) atoms. The van der Waals surface area contributed by atoms with Gasteiger partial charge in [-0.15, -0.1) is 0 Å². The number of nitrogens with one attached hydrogen (secondary N) is 1. The first-order valence-corrected chi connectivity index (χ1v) is 6.66.